The van der Waals surface area contributed by atoms with Gasteiger partial charge in [-0.3, -0.25) is 0 Å². The first-order chi connectivity index (χ1) is 8.05. The molecule has 1 N–H and O–H groups in total. The number of carbonyl (C=O) groups excluding carboxylic acids is 1. The molecule has 0 radical (unpaired) electrons. The highest BCUT2D eigenvalue weighted by Crippen LogP contribution is 2.41. The molecule has 2 rings (SSSR count). The fraction of sp³-hybridized carbons (Fsp3) is 0.462. The molecule has 1 aliphatic carbocycles. The highest BCUT2D eigenvalue weighted by atomic mass is 79.9. The number of carbonyl (C=O) groups is 1. The van der Waals surface area contributed by atoms with Gasteiger partial charge in [-0.1, -0.05) is 22.9 Å². The van der Waals surface area contributed by atoms with Crippen LogP contribution in [0.25, 0.3) is 0 Å². The quantitative estimate of drug-likeness (QED) is 0.871. The van der Waals surface area contributed by atoms with E-state index in [0.717, 1.165) is 23.0 Å². The Hall–Kier alpha value is -1.03. The third-order valence-corrected chi connectivity index (χ3v) is 3.73. The third-order valence-electron chi connectivity index (χ3n) is 3.20. The Morgan fingerprint density at radius 3 is 2.47 bits per heavy atom. The highest BCUT2D eigenvalue weighted by molar-refractivity contribution is 9.10. The Labute approximate surface area is 110 Å². The van der Waals surface area contributed by atoms with Gasteiger partial charge in [0.2, 0.25) is 0 Å². The van der Waals surface area contributed by atoms with Gasteiger partial charge in [-0.05, 0) is 43.0 Å². The number of nitrogens with one attached hydrogen (secondary N) is 1. The lowest BCUT2D eigenvalue weighted by molar-refractivity contribution is -0.150. The van der Waals surface area contributed by atoms with E-state index in [4.69, 9.17) is 4.74 Å². The molecule has 1 saturated carbocycles. The monoisotopic (exact) mass is 297 g/mol. The van der Waals surface area contributed by atoms with Crippen LogP contribution in [-0.2, 0) is 9.53 Å². The molecule has 0 amide bonds. The van der Waals surface area contributed by atoms with E-state index in [-0.39, 0.29) is 5.97 Å². The minimum atomic E-state index is -0.526. The molecule has 0 unspecified atom stereocenters. The maximum absolute atomic E-state index is 11.8. The number of ether oxygens (including phenoxy) is 1. The Kier molecular flexibility index (Phi) is 3.43. The van der Waals surface area contributed by atoms with Crippen LogP contribution in [-0.4, -0.2) is 18.6 Å². The molecule has 1 fully saturated rings. The Balaban J connectivity index is 2.14. The lowest BCUT2D eigenvalue weighted by atomic mass is 9.69. The first-order valence-corrected chi connectivity index (χ1v) is 6.47. The molecule has 1 aromatic carbocycles. The first kappa shape index (κ1) is 12.4. The van der Waals surface area contributed by atoms with Crippen molar-refractivity contribution >= 4 is 27.6 Å². The number of hydrogen-bond donors (Lipinski definition) is 1. The smallest absolute Gasteiger partial charge is 0.331 e. The molecule has 0 bridgehead atoms. The number of hydrogen-bond acceptors (Lipinski definition) is 3. The zero-order chi connectivity index (χ0) is 12.5. The van der Waals surface area contributed by atoms with Gasteiger partial charge < -0.3 is 10.1 Å². The Morgan fingerprint density at radius 2 is 2.00 bits per heavy atom. The molecule has 17 heavy (non-hydrogen) atoms. The standard InChI is InChI=1S/C13H16BrNO2/c1-9-7-13(8-9,12(16)17-2)15-11-5-3-10(14)4-6-11/h3-6,9,15H,7-8H2,1-2H3. The minimum Gasteiger partial charge on any atom is -0.467 e. The molecule has 1 aromatic rings. The lowest BCUT2D eigenvalue weighted by Gasteiger charge is -2.44. The van der Waals surface area contributed by atoms with Crippen LogP contribution in [0.5, 0.6) is 0 Å². The summed E-state index contributed by atoms with van der Waals surface area (Å²) in [5.41, 5.74) is 0.424. The molecule has 0 spiro atoms. The van der Waals surface area contributed by atoms with E-state index in [0.29, 0.717) is 5.92 Å². The van der Waals surface area contributed by atoms with E-state index < -0.39 is 5.54 Å². The number of rotatable bonds is 3. The van der Waals surface area contributed by atoms with Crippen molar-refractivity contribution in [2.24, 2.45) is 5.92 Å². The maximum Gasteiger partial charge on any atom is 0.331 e. The third kappa shape index (κ3) is 2.46. The van der Waals surface area contributed by atoms with Gasteiger partial charge in [0.1, 0.15) is 5.54 Å². The van der Waals surface area contributed by atoms with Crippen molar-refractivity contribution in [3.8, 4) is 0 Å². The Morgan fingerprint density at radius 1 is 1.41 bits per heavy atom. The SMILES string of the molecule is COC(=O)C1(Nc2ccc(Br)cc2)CC(C)C1. The summed E-state index contributed by atoms with van der Waals surface area (Å²) in [6.45, 7) is 2.14. The van der Waals surface area contributed by atoms with E-state index in [1.807, 2.05) is 24.3 Å². The summed E-state index contributed by atoms with van der Waals surface area (Å²) in [6.07, 6.45) is 1.66. The van der Waals surface area contributed by atoms with E-state index >= 15 is 0 Å². The average molecular weight is 298 g/mol. The second kappa shape index (κ2) is 4.69. The van der Waals surface area contributed by atoms with Gasteiger partial charge in [0.25, 0.3) is 0 Å². The summed E-state index contributed by atoms with van der Waals surface area (Å²) >= 11 is 3.39. The van der Waals surface area contributed by atoms with Crippen LogP contribution in [0.1, 0.15) is 19.8 Å². The van der Waals surface area contributed by atoms with E-state index in [1.165, 1.54) is 7.11 Å². The van der Waals surface area contributed by atoms with Gasteiger partial charge in [-0.25, -0.2) is 4.79 Å². The molecule has 92 valence electrons. The summed E-state index contributed by atoms with van der Waals surface area (Å²) in [7, 11) is 1.44. The minimum absolute atomic E-state index is 0.168. The summed E-state index contributed by atoms with van der Waals surface area (Å²) in [5.74, 6) is 0.399. The normalized spacial score (nSPS) is 27.1. The lowest BCUT2D eigenvalue weighted by Crippen LogP contribution is -2.56. The number of esters is 1. The molecule has 0 atom stereocenters. The van der Waals surface area contributed by atoms with Crippen molar-refractivity contribution in [2.45, 2.75) is 25.3 Å². The molecule has 0 heterocycles. The summed E-state index contributed by atoms with van der Waals surface area (Å²) < 4.78 is 5.92. The molecule has 0 aliphatic heterocycles. The van der Waals surface area contributed by atoms with Crippen LogP contribution < -0.4 is 5.32 Å². The molecule has 1 aliphatic rings. The number of benzene rings is 1. The van der Waals surface area contributed by atoms with Gasteiger partial charge in [0.15, 0.2) is 0 Å². The van der Waals surface area contributed by atoms with Crippen LogP contribution in [0, 0.1) is 5.92 Å². The Bertz CT molecular complexity index is 410. The van der Waals surface area contributed by atoms with Crippen molar-refractivity contribution in [3.05, 3.63) is 28.7 Å². The maximum atomic E-state index is 11.8. The van der Waals surface area contributed by atoms with Crippen molar-refractivity contribution in [3.63, 3.8) is 0 Å². The van der Waals surface area contributed by atoms with Crippen molar-refractivity contribution in [1.29, 1.82) is 0 Å². The number of methoxy groups -OCH3 is 1. The fourth-order valence-corrected chi connectivity index (χ4v) is 2.72. The second-order valence-electron chi connectivity index (χ2n) is 4.72. The average Bonchev–Trinajstić information content (AvgIpc) is 2.28. The largest absolute Gasteiger partial charge is 0.467 e. The zero-order valence-corrected chi connectivity index (χ0v) is 11.6. The van der Waals surface area contributed by atoms with Gasteiger partial charge in [-0.15, -0.1) is 0 Å². The summed E-state index contributed by atoms with van der Waals surface area (Å²) in [4.78, 5) is 11.8. The van der Waals surface area contributed by atoms with Crippen LogP contribution in [0.2, 0.25) is 0 Å². The first-order valence-electron chi connectivity index (χ1n) is 5.68. The molecular formula is C13H16BrNO2. The van der Waals surface area contributed by atoms with Crippen molar-refractivity contribution in [2.75, 3.05) is 12.4 Å². The fourth-order valence-electron chi connectivity index (χ4n) is 2.45. The van der Waals surface area contributed by atoms with Crippen molar-refractivity contribution in [1.82, 2.24) is 0 Å². The summed E-state index contributed by atoms with van der Waals surface area (Å²) in [5, 5.41) is 3.30. The predicted molar refractivity (Wildman–Crippen MR) is 70.9 cm³/mol. The summed E-state index contributed by atoms with van der Waals surface area (Å²) in [6, 6.07) is 7.82. The van der Waals surface area contributed by atoms with E-state index in [2.05, 4.69) is 28.2 Å². The van der Waals surface area contributed by atoms with E-state index in [1.54, 1.807) is 0 Å². The second-order valence-corrected chi connectivity index (χ2v) is 5.63. The molecule has 0 saturated heterocycles. The van der Waals surface area contributed by atoms with Crippen LogP contribution >= 0.6 is 15.9 Å². The zero-order valence-electron chi connectivity index (χ0n) is 10.00. The molecule has 3 nitrogen and oxygen atoms in total. The van der Waals surface area contributed by atoms with Crippen LogP contribution in [0.4, 0.5) is 5.69 Å². The molecule has 4 heteroatoms. The molecule has 0 aromatic heterocycles. The van der Waals surface area contributed by atoms with E-state index in [9.17, 15) is 4.79 Å². The predicted octanol–water partition coefficient (Wildman–Crippen LogP) is 3.20. The van der Waals surface area contributed by atoms with Gasteiger partial charge in [-0.2, -0.15) is 0 Å². The van der Waals surface area contributed by atoms with Crippen LogP contribution in [0.3, 0.4) is 0 Å². The van der Waals surface area contributed by atoms with Gasteiger partial charge in [0, 0.05) is 10.2 Å². The van der Waals surface area contributed by atoms with Crippen LogP contribution in [0.15, 0.2) is 28.7 Å². The van der Waals surface area contributed by atoms with Gasteiger partial charge in [0.05, 0.1) is 7.11 Å². The topological polar surface area (TPSA) is 38.3 Å². The molecular weight excluding hydrogens is 282 g/mol. The van der Waals surface area contributed by atoms with Gasteiger partial charge >= 0.3 is 5.97 Å². The number of halogens is 1. The number of anilines is 1. The van der Waals surface area contributed by atoms with Crippen molar-refractivity contribution < 1.29 is 9.53 Å². The highest BCUT2D eigenvalue weighted by Gasteiger charge is 2.49.